The van der Waals surface area contributed by atoms with Crippen molar-refractivity contribution >= 4 is 28.7 Å². The standard InChI is InChI=1S/C18H12OS2/c19-15-5-3-7-18-14(15)8-9-17(21-18)13-10-12-4-1-2-6-16(12)20-11-13/h1-9,11H,10H2. The molecule has 3 heteroatoms. The molecule has 3 aliphatic rings. The lowest BCUT2D eigenvalue weighted by molar-refractivity contribution is 1.19. The van der Waals surface area contributed by atoms with E-state index in [1.807, 2.05) is 18.2 Å². The summed E-state index contributed by atoms with van der Waals surface area (Å²) in [6.45, 7) is 0. The molecule has 0 saturated carbocycles. The first-order valence-corrected chi connectivity index (χ1v) is 8.48. The van der Waals surface area contributed by atoms with Crippen LogP contribution in [-0.4, -0.2) is 0 Å². The van der Waals surface area contributed by atoms with Crippen LogP contribution in [0.15, 0.2) is 69.7 Å². The molecule has 1 aliphatic carbocycles. The van der Waals surface area contributed by atoms with E-state index in [4.69, 9.17) is 0 Å². The van der Waals surface area contributed by atoms with E-state index < -0.39 is 0 Å². The Morgan fingerprint density at radius 1 is 0.857 bits per heavy atom. The first-order valence-electron chi connectivity index (χ1n) is 6.78. The summed E-state index contributed by atoms with van der Waals surface area (Å²) in [6.07, 6.45) is 0.961. The third-order valence-electron chi connectivity index (χ3n) is 3.65. The molecule has 1 aromatic rings. The van der Waals surface area contributed by atoms with Gasteiger partial charge in [-0.3, -0.25) is 4.79 Å². The van der Waals surface area contributed by atoms with Crippen molar-refractivity contribution in [2.45, 2.75) is 11.3 Å². The van der Waals surface area contributed by atoms with Gasteiger partial charge in [-0.2, -0.15) is 0 Å². The van der Waals surface area contributed by atoms with Gasteiger partial charge in [-0.15, -0.1) is 11.3 Å². The summed E-state index contributed by atoms with van der Waals surface area (Å²) in [6, 6.07) is 18.1. The Bertz CT molecular complexity index is 876. The predicted octanol–water partition coefficient (Wildman–Crippen LogP) is 4.90. The second-order valence-corrected chi connectivity index (χ2v) is 7.01. The molecule has 2 aliphatic heterocycles. The molecule has 0 unspecified atom stereocenters. The summed E-state index contributed by atoms with van der Waals surface area (Å²) in [5, 5.41) is 2.24. The van der Waals surface area contributed by atoms with Gasteiger partial charge in [0.15, 0.2) is 5.43 Å². The number of fused-ring (bicyclic) bond motifs is 2. The van der Waals surface area contributed by atoms with Crippen LogP contribution in [0.25, 0.3) is 16.0 Å². The van der Waals surface area contributed by atoms with Crippen molar-refractivity contribution in [2.75, 3.05) is 0 Å². The molecule has 0 spiro atoms. The molecular weight excluding hydrogens is 296 g/mol. The van der Waals surface area contributed by atoms with E-state index in [1.54, 1.807) is 29.2 Å². The van der Waals surface area contributed by atoms with E-state index in [2.05, 4.69) is 35.7 Å². The zero-order chi connectivity index (χ0) is 14.2. The van der Waals surface area contributed by atoms with Gasteiger partial charge in [0.2, 0.25) is 0 Å². The topological polar surface area (TPSA) is 17.1 Å². The molecule has 4 rings (SSSR count). The molecule has 2 heterocycles. The van der Waals surface area contributed by atoms with Gasteiger partial charge in [0.05, 0.1) is 0 Å². The van der Waals surface area contributed by atoms with Crippen LogP contribution >= 0.6 is 23.1 Å². The summed E-state index contributed by atoms with van der Waals surface area (Å²) >= 11 is 3.48. The molecule has 0 bridgehead atoms. The molecular formula is C18H12OS2. The molecule has 0 aromatic heterocycles. The zero-order valence-electron chi connectivity index (χ0n) is 11.2. The average molecular weight is 308 g/mol. The molecule has 0 amide bonds. The summed E-state index contributed by atoms with van der Waals surface area (Å²) in [5.74, 6) is 0. The van der Waals surface area contributed by atoms with Crippen LogP contribution in [0.5, 0.6) is 0 Å². The van der Waals surface area contributed by atoms with Crippen molar-refractivity contribution < 1.29 is 0 Å². The largest absolute Gasteiger partial charge is 0.289 e. The maximum absolute atomic E-state index is 11.8. The van der Waals surface area contributed by atoms with Crippen molar-refractivity contribution in [3.63, 3.8) is 0 Å². The SMILES string of the molecule is O=c1cccc2sc(C3=CSc4ccccc4C3)ccc1-2. The molecule has 102 valence electrons. The Morgan fingerprint density at radius 2 is 1.76 bits per heavy atom. The number of allylic oxidation sites excluding steroid dienone is 1. The van der Waals surface area contributed by atoms with Crippen LogP contribution in [0.2, 0.25) is 0 Å². The average Bonchev–Trinajstić information content (AvgIpc) is 2.54. The molecule has 1 aromatic carbocycles. The van der Waals surface area contributed by atoms with E-state index in [0.29, 0.717) is 0 Å². The van der Waals surface area contributed by atoms with E-state index >= 15 is 0 Å². The monoisotopic (exact) mass is 308 g/mol. The van der Waals surface area contributed by atoms with Gasteiger partial charge in [0, 0.05) is 26.6 Å². The maximum Gasteiger partial charge on any atom is 0.187 e. The van der Waals surface area contributed by atoms with Gasteiger partial charge in [0.1, 0.15) is 0 Å². The number of benzene rings is 2. The summed E-state index contributed by atoms with van der Waals surface area (Å²) < 4.78 is 0. The highest BCUT2D eigenvalue weighted by atomic mass is 32.2. The molecule has 0 radical (unpaired) electrons. The lowest BCUT2D eigenvalue weighted by atomic mass is 10.0. The van der Waals surface area contributed by atoms with Crippen molar-refractivity contribution in [3.8, 4) is 10.4 Å². The fourth-order valence-electron chi connectivity index (χ4n) is 2.55. The smallest absolute Gasteiger partial charge is 0.187 e. The van der Waals surface area contributed by atoms with Gasteiger partial charge in [-0.1, -0.05) is 36.0 Å². The molecule has 0 saturated heterocycles. The van der Waals surface area contributed by atoms with Crippen LogP contribution in [-0.2, 0) is 6.42 Å². The number of rotatable bonds is 1. The molecule has 1 nitrogen and oxygen atoms in total. The number of hydrogen-bond donors (Lipinski definition) is 0. The van der Waals surface area contributed by atoms with E-state index in [-0.39, 0.29) is 5.43 Å². The fraction of sp³-hybridized carbons (Fsp3) is 0.0556. The molecule has 21 heavy (non-hydrogen) atoms. The molecule has 0 atom stereocenters. The highest BCUT2D eigenvalue weighted by Crippen LogP contribution is 2.39. The second-order valence-electron chi connectivity index (χ2n) is 5.01. The van der Waals surface area contributed by atoms with Crippen LogP contribution in [0.1, 0.15) is 10.4 Å². The van der Waals surface area contributed by atoms with Crippen LogP contribution in [0.4, 0.5) is 0 Å². The Kier molecular flexibility index (Phi) is 3.17. The number of hydrogen-bond acceptors (Lipinski definition) is 3. The maximum atomic E-state index is 11.8. The van der Waals surface area contributed by atoms with E-state index in [0.717, 1.165) is 16.9 Å². The Labute approximate surface area is 131 Å². The van der Waals surface area contributed by atoms with Gasteiger partial charge in [0.25, 0.3) is 0 Å². The second kappa shape index (κ2) is 5.17. The third kappa shape index (κ3) is 2.33. The summed E-state index contributed by atoms with van der Waals surface area (Å²) in [7, 11) is 0. The predicted molar refractivity (Wildman–Crippen MR) is 91.2 cm³/mol. The minimum Gasteiger partial charge on any atom is -0.289 e. The minimum absolute atomic E-state index is 0.104. The highest BCUT2D eigenvalue weighted by Gasteiger charge is 2.15. The van der Waals surface area contributed by atoms with Crippen LogP contribution in [0.3, 0.4) is 0 Å². The van der Waals surface area contributed by atoms with Crippen molar-refractivity contribution in [2.24, 2.45) is 0 Å². The number of thioether (sulfide) groups is 1. The van der Waals surface area contributed by atoms with Crippen LogP contribution < -0.4 is 5.43 Å². The van der Waals surface area contributed by atoms with Crippen LogP contribution in [0, 0.1) is 0 Å². The molecule has 0 N–H and O–H groups in total. The summed E-state index contributed by atoms with van der Waals surface area (Å²) in [5.41, 5.74) is 3.63. The quantitative estimate of drug-likeness (QED) is 0.636. The van der Waals surface area contributed by atoms with Gasteiger partial charge in [-0.05, 0) is 46.9 Å². The Morgan fingerprint density at radius 3 is 2.71 bits per heavy atom. The van der Waals surface area contributed by atoms with Gasteiger partial charge in [-0.25, -0.2) is 0 Å². The lowest BCUT2D eigenvalue weighted by Gasteiger charge is -2.17. The lowest BCUT2D eigenvalue weighted by Crippen LogP contribution is -2.02. The van der Waals surface area contributed by atoms with Crippen molar-refractivity contribution in [1.82, 2.24) is 0 Å². The fourth-order valence-corrected chi connectivity index (χ4v) is 4.62. The van der Waals surface area contributed by atoms with Crippen molar-refractivity contribution in [1.29, 1.82) is 0 Å². The first-order chi connectivity index (χ1) is 10.3. The molecule has 0 fully saturated rings. The van der Waals surface area contributed by atoms with Gasteiger partial charge >= 0.3 is 0 Å². The first kappa shape index (κ1) is 12.9. The normalized spacial score (nSPS) is 13.8. The third-order valence-corrected chi connectivity index (χ3v) is 5.89. The Balaban J connectivity index is 1.77. The Hall–Kier alpha value is -1.84. The highest BCUT2D eigenvalue weighted by molar-refractivity contribution is 8.02. The summed E-state index contributed by atoms with van der Waals surface area (Å²) in [4.78, 5) is 15.5. The van der Waals surface area contributed by atoms with Gasteiger partial charge < -0.3 is 0 Å². The van der Waals surface area contributed by atoms with E-state index in [9.17, 15) is 4.79 Å². The zero-order valence-corrected chi connectivity index (χ0v) is 12.8. The van der Waals surface area contributed by atoms with E-state index in [1.165, 1.54) is 20.9 Å². The van der Waals surface area contributed by atoms with Crippen molar-refractivity contribution in [3.05, 3.63) is 80.7 Å². The minimum atomic E-state index is 0.104.